The van der Waals surface area contributed by atoms with Crippen molar-refractivity contribution in [3.8, 4) is 0 Å². The van der Waals surface area contributed by atoms with Crippen LogP contribution >= 0.6 is 11.6 Å². The van der Waals surface area contributed by atoms with Crippen molar-refractivity contribution in [2.45, 2.75) is 5.88 Å². The van der Waals surface area contributed by atoms with Crippen LogP contribution in [0.2, 0.25) is 0 Å². The van der Waals surface area contributed by atoms with E-state index >= 15 is 0 Å². The van der Waals surface area contributed by atoms with Crippen molar-refractivity contribution >= 4 is 23.2 Å². The lowest BCUT2D eigenvalue weighted by atomic mass is 10.2. The molecule has 0 unspecified atom stereocenters. The molecular weight excluding hydrogens is 238 g/mol. The molecule has 1 aromatic heterocycles. The molecule has 0 spiro atoms. The van der Waals surface area contributed by atoms with Gasteiger partial charge in [-0.1, -0.05) is 12.1 Å². The van der Waals surface area contributed by atoms with Gasteiger partial charge in [0.2, 0.25) is 0 Å². The summed E-state index contributed by atoms with van der Waals surface area (Å²) in [5, 5.41) is 10.0. The Bertz CT molecular complexity index is 516. The molecule has 17 heavy (non-hydrogen) atoms. The number of rotatable bonds is 3. The molecule has 1 amide bonds. The van der Waals surface area contributed by atoms with E-state index in [2.05, 4.69) is 15.5 Å². The second-order valence-corrected chi connectivity index (χ2v) is 3.69. The van der Waals surface area contributed by atoms with Crippen molar-refractivity contribution in [1.82, 2.24) is 10.2 Å². The highest BCUT2D eigenvalue weighted by atomic mass is 35.5. The Morgan fingerprint density at radius 3 is 2.88 bits per heavy atom. The van der Waals surface area contributed by atoms with Gasteiger partial charge in [0.05, 0.1) is 18.0 Å². The summed E-state index contributed by atoms with van der Waals surface area (Å²) in [7, 11) is 0. The van der Waals surface area contributed by atoms with E-state index in [0.29, 0.717) is 17.1 Å². The minimum Gasteiger partial charge on any atom is -0.322 e. The van der Waals surface area contributed by atoms with Gasteiger partial charge in [0, 0.05) is 11.6 Å². The van der Waals surface area contributed by atoms with Crippen molar-refractivity contribution in [3.63, 3.8) is 0 Å². The van der Waals surface area contributed by atoms with Crippen LogP contribution in [0.5, 0.6) is 0 Å². The predicted octanol–water partition coefficient (Wildman–Crippen LogP) is 2.47. The SMILES string of the molecule is O=C(Nc1cccc(CCl)c1)c1ccnnc1. The molecule has 0 saturated heterocycles. The summed E-state index contributed by atoms with van der Waals surface area (Å²) < 4.78 is 0. The third kappa shape index (κ3) is 3.01. The number of carbonyl (C=O) groups excluding carboxylic acids is 1. The number of nitrogens with zero attached hydrogens (tertiary/aromatic N) is 2. The van der Waals surface area contributed by atoms with E-state index in [0.717, 1.165) is 5.56 Å². The number of nitrogens with one attached hydrogen (secondary N) is 1. The van der Waals surface area contributed by atoms with Gasteiger partial charge in [-0.05, 0) is 23.8 Å². The maximum Gasteiger partial charge on any atom is 0.257 e. The summed E-state index contributed by atoms with van der Waals surface area (Å²) in [6.07, 6.45) is 2.89. The zero-order valence-corrected chi connectivity index (χ0v) is 9.69. The number of hydrogen-bond acceptors (Lipinski definition) is 3. The Labute approximate surface area is 104 Å². The number of hydrogen-bond donors (Lipinski definition) is 1. The van der Waals surface area contributed by atoms with E-state index in [4.69, 9.17) is 11.6 Å². The summed E-state index contributed by atoms with van der Waals surface area (Å²) in [6.45, 7) is 0. The van der Waals surface area contributed by atoms with Gasteiger partial charge in [0.25, 0.3) is 5.91 Å². The van der Waals surface area contributed by atoms with E-state index in [1.807, 2.05) is 24.3 Å². The van der Waals surface area contributed by atoms with Crippen LogP contribution in [0.3, 0.4) is 0 Å². The number of benzene rings is 1. The number of anilines is 1. The average molecular weight is 248 g/mol. The number of alkyl halides is 1. The maximum atomic E-state index is 11.8. The molecule has 1 heterocycles. The molecule has 2 aromatic rings. The lowest BCUT2D eigenvalue weighted by molar-refractivity contribution is 0.102. The molecule has 5 heteroatoms. The first-order chi connectivity index (χ1) is 8.29. The second-order valence-electron chi connectivity index (χ2n) is 3.42. The van der Waals surface area contributed by atoms with Crippen molar-refractivity contribution < 1.29 is 4.79 Å². The molecule has 0 aliphatic rings. The van der Waals surface area contributed by atoms with Gasteiger partial charge in [-0.3, -0.25) is 4.79 Å². The van der Waals surface area contributed by atoms with E-state index in [1.54, 1.807) is 6.07 Å². The van der Waals surface area contributed by atoms with E-state index in [-0.39, 0.29) is 5.91 Å². The maximum absolute atomic E-state index is 11.8. The molecule has 0 radical (unpaired) electrons. The molecule has 0 saturated carbocycles. The van der Waals surface area contributed by atoms with Crippen LogP contribution in [0.25, 0.3) is 0 Å². The van der Waals surface area contributed by atoms with Crippen molar-refractivity contribution in [2.75, 3.05) is 5.32 Å². The molecule has 0 atom stereocenters. The Morgan fingerprint density at radius 1 is 1.29 bits per heavy atom. The van der Waals surface area contributed by atoms with Crippen LogP contribution in [0.15, 0.2) is 42.7 Å². The summed E-state index contributed by atoms with van der Waals surface area (Å²) in [5.74, 6) is 0.201. The molecule has 86 valence electrons. The smallest absolute Gasteiger partial charge is 0.257 e. The zero-order chi connectivity index (χ0) is 12.1. The Morgan fingerprint density at radius 2 is 2.18 bits per heavy atom. The summed E-state index contributed by atoms with van der Waals surface area (Å²) >= 11 is 5.72. The first-order valence-electron chi connectivity index (χ1n) is 5.02. The molecule has 2 rings (SSSR count). The van der Waals surface area contributed by atoms with Gasteiger partial charge in [-0.25, -0.2) is 0 Å². The molecule has 1 aromatic carbocycles. The Kier molecular flexibility index (Phi) is 3.67. The topological polar surface area (TPSA) is 54.9 Å². The molecule has 4 nitrogen and oxygen atoms in total. The lowest BCUT2D eigenvalue weighted by Crippen LogP contribution is -2.12. The molecule has 0 aliphatic carbocycles. The monoisotopic (exact) mass is 247 g/mol. The molecule has 0 bridgehead atoms. The van der Waals surface area contributed by atoms with Gasteiger partial charge in [0.1, 0.15) is 0 Å². The standard InChI is InChI=1S/C12H10ClN3O/c13-7-9-2-1-3-11(6-9)16-12(17)10-4-5-14-15-8-10/h1-6,8H,7H2,(H,16,17). The summed E-state index contributed by atoms with van der Waals surface area (Å²) in [6, 6.07) is 8.99. The lowest BCUT2D eigenvalue weighted by Gasteiger charge is -2.05. The van der Waals surface area contributed by atoms with Crippen molar-refractivity contribution in [3.05, 3.63) is 53.9 Å². The second kappa shape index (κ2) is 5.41. The summed E-state index contributed by atoms with van der Waals surface area (Å²) in [4.78, 5) is 11.8. The molecule has 1 N–H and O–H groups in total. The first kappa shape index (κ1) is 11.5. The van der Waals surface area contributed by atoms with Crippen LogP contribution in [-0.4, -0.2) is 16.1 Å². The fourth-order valence-corrected chi connectivity index (χ4v) is 1.53. The van der Waals surface area contributed by atoms with Crippen LogP contribution in [0, 0.1) is 0 Å². The van der Waals surface area contributed by atoms with E-state index < -0.39 is 0 Å². The normalized spacial score (nSPS) is 9.94. The Hall–Kier alpha value is -1.94. The third-order valence-corrected chi connectivity index (χ3v) is 2.49. The van der Waals surface area contributed by atoms with Gasteiger partial charge < -0.3 is 5.32 Å². The largest absolute Gasteiger partial charge is 0.322 e. The van der Waals surface area contributed by atoms with Crippen LogP contribution in [0.1, 0.15) is 15.9 Å². The van der Waals surface area contributed by atoms with Gasteiger partial charge in [-0.2, -0.15) is 10.2 Å². The quantitative estimate of drug-likeness (QED) is 0.848. The van der Waals surface area contributed by atoms with Crippen LogP contribution < -0.4 is 5.32 Å². The third-order valence-electron chi connectivity index (χ3n) is 2.19. The molecule has 0 aliphatic heterocycles. The van der Waals surface area contributed by atoms with Gasteiger partial charge >= 0.3 is 0 Å². The van der Waals surface area contributed by atoms with Crippen molar-refractivity contribution in [2.24, 2.45) is 0 Å². The molecular formula is C12H10ClN3O. The van der Waals surface area contributed by atoms with Crippen LogP contribution in [-0.2, 0) is 5.88 Å². The average Bonchev–Trinajstić information content (AvgIpc) is 2.40. The number of amides is 1. The van der Waals surface area contributed by atoms with E-state index in [9.17, 15) is 4.79 Å². The van der Waals surface area contributed by atoms with E-state index in [1.165, 1.54) is 12.4 Å². The highest BCUT2D eigenvalue weighted by Crippen LogP contribution is 2.13. The minimum atomic E-state index is -0.216. The highest BCUT2D eigenvalue weighted by molar-refractivity contribution is 6.17. The fraction of sp³-hybridized carbons (Fsp3) is 0.0833. The number of halogens is 1. The van der Waals surface area contributed by atoms with Crippen LogP contribution in [0.4, 0.5) is 5.69 Å². The molecule has 0 fully saturated rings. The zero-order valence-electron chi connectivity index (χ0n) is 8.93. The minimum absolute atomic E-state index is 0.216. The van der Waals surface area contributed by atoms with Crippen molar-refractivity contribution in [1.29, 1.82) is 0 Å². The highest BCUT2D eigenvalue weighted by Gasteiger charge is 2.05. The predicted molar refractivity (Wildman–Crippen MR) is 66.0 cm³/mol. The first-order valence-corrected chi connectivity index (χ1v) is 5.56. The number of aromatic nitrogens is 2. The Balaban J connectivity index is 2.13. The van der Waals surface area contributed by atoms with Gasteiger partial charge in [-0.15, -0.1) is 11.6 Å². The van der Waals surface area contributed by atoms with Gasteiger partial charge in [0.15, 0.2) is 0 Å². The fourth-order valence-electron chi connectivity index (χ4n) is 1.36. The number of carbonyl (C=O) groups is 1. The summed E-state index contributed by atoms with van der Waals surface area (Å²) in [5.41, 5.74) is 2.14.